The minimum absolute atomic E-state index is 0.165. The number of hydrogen-bond acceptors (Lipinski definition) is 5. The third kappa shape index (κ3) is 8.94. The number of rotatable bonds is 8. The van der Waals surface area contributed by atoms with E-state index in [0.29, 0.717) is 18.5 Å². The van der Waals surface area contributed by atoms with Gasteiger partial charge < -0.3 is 18.9 Å². The largest absolute Gasteiger partial charge is 0.508 e. The molecule has 0 aliphatic rings. The lowest BCUT2D eigenvalue weighted by Crippen LogP contribution is -2.23. The Morgan fingerprint density at radius 1 is 1.25 bits per heavy atom. The Balaban J connectivity index is 3.51. The predicted octanol–water partition coefficient (Wildman–Crippen LogP) is 1.97. The van der Waals surface area contributed by atoms with Crippen molar-refractivity contribution >= 4 is 22.1 Å². The van der Waals surface area contributed by atoms with Gasteiger partial charge in [-0.05, 0) is 13.8 Å². The average Bonchev–Trinajstić information content (AvgIpc) is 2.26. The molecule has 0 aliphatic carbocycles. The van der Waals surface area contributed by atoms with Crippen molar-refractivity contribution in [3.05, 3.63) is 0 Å². The molecule has 0 aromatic rings. The van der Waals surface area contributed by atoms with Gasteiger partial charge in [0.2, 0.25) is 0 Å². The zero-order valence-electron chi connectivity index (χ0n) is 9.90. The number of ether oxygens (including phenoxy) is 4. The fourth-order valence-corrected chi connectivity index (χ4v) is 0.928. The van der Waals surface area contributed by atoms with Crippen LogP contribution >= 0.6 is 15.9 Å². The van der Waals surface area contributed by atoms with E-state index in [1.54, 1.807) is 14.0 Å². The highest BCUT2D eigenvalue weighted by Crippen LogP contribution is 2.00. The fraction of sp³-hybridized carbons (Fsp3) is 0.900. The Morgan fingerprint density at radius 2 is 1.94 bits per heavy atom. The highest BCUT2D eigenvalue weighted by Gasteiger charge is 2.11. The van der Waals surface area contributed by atoms with E-state index in [0.717, 1.165) is 0 Å². The van der Waals surface area contributed by atoms with Crippen LogP contribution in [0.5, 0.6) is 0 Å². The summed E-state index contributed by atoms with van der Waals surface area (Å²) < 4.78 is 19.9. The topological polar surface area (TPSA) is 54.0 Å². The Hall–Kier alpha value is -0.330. The fourth-order valence-electron chi connectivity index (χ4n) is 0.796. The van der Waals surface area contributed by atoms with Gasteiger partial charge in [-0.1, -0.05) is 15.9 Å². The molecule has 96 valence electrons. The molecule has 0 fully saturated rings. The molecular weight excluding hydrogens is 280 g/mol. The first-order valence-electron chi connectivity index (χ1n) is 5.10. The number of alkyl halides is 1. The molecule has 5 nitrogen and oxygen atoms in total. The molecule has 2 unspecified atom stereocenters. The zero-order valence-corrected chi connectivity index (χ0v) is 11.5. The third-order valence-corrected chi connectivity index (χ3v) is 2.55. The molecular formula is C10H19BrO5. The molecule has 0 saturated heterocycles. The van der Waals surface area contributed by atoms with Crippen LogP contribution in [0.3, 0.4) is 0 Å². The summed E-state index contributed by atoms with van der Waals surface area (Å²) in [7, 11) is 1.60. The standard InChI is InChI=1S/C10H19BrO5/c1-8(6-11)16-10(12)15-7-9(2)14-5-4-13-3/h8-9H,4-7H2,1-3H3. The Morgan fingerprint density at radius 3 is 2.50 bits per heavy atom. The summed E-state index contributed by atoms with van der Waals surface area (Å²) >= 11 is 3.19. The molecule has 0 aromatic heterocycles. The molecule has 0 heterocycles. The van der Waals surface area contributed by atoms with Crippen LogP contribution in [0, 0.1) is 0 Å². The van der Waals surface area contributed by atoms with Crippen LogP contribution in [0.1, 0.15) is 13.8 Å². The van der Waals surface area contributed by atoms with E-state index < -0.39 is 6.16 Å². The van der Waals surface area contributed by atoms with E-state index in [1.165, 1.54) is 0 Å². The molecule has 0 radical (unpaired) electrons. The van der Waals surface area contributed by atoms with Crippen LogP contribution in [-0.4, -0.2) is 50.6 Å². The lowest BCUT2D eigenvalue weighted by molar-refractivity contribution is -0.0275. The molecule has 0 amide bonds. The average molecular weight is 299 g/mol. The van der Waals surface area contributed by atoms with Gasteiger partial charge in [0.15, 0.2) is 0 Å². The van der Waals surface area contributed by atoms with Crippen LogP contribution in [0.4, 0.5) is 4.79 Å². The minimum Gasteiger partial charge on any atom is -0.432 e. The Kier molecular flexibility index (Phi) is 9.66. The van der Waals surface area contributed by atoms with Gasteiger partial charge in [-0.15, -0.1) is 0 Å². The van der Waals surface area contributed by atoms with Gasteiger partial charge in [0.25, 0.3) is 0 Å². The van der Waals surface area contributed by atoms with Gasteiger partial charge in [0, 0.05) is 12.4 Å². The van der Waals surface area contributed by atoms with E-state index in [2.05, 4.69) is 15.9 Å². The molecule has 2 atom stereocenters. The zero-order chi connectivity index (χ0) is 12.4. The quantitative estimate of drug-likeness (QED) is 0.390. The van der Waals surface area contributed by atoms with Crippen molar-refractivity contribution < 1.29 is 23.7 Å². The summed E-state index contributed by atoms with van der Waals surface area (Å²) in [6.07, 6.45) is -1.03. The number of carbonyl (C=O) groups is 1. The molecule has 0 N–H and O–H groups in total. The second kappa shape index (κ2) is 9.86. The summed E-state index contributed by atoms with van der Waals surface area (Å²) in [5.74, 6) is 0. The predicted molar refractivity (Wildman–Crippen MR) is 63.0 cm³/mol. The summed E-state index contributed by atoms with van der Waals surface area (Å²) in [5, 5.41) is 0.585. The molecule has 0 rings (SSSR count). The van der Waals surface area contributed by atoms with Crippen molar-refractivity contribution in [3.8, 4) is 0 Å². The highest BCUT2D eigenvalue weighted by molar-refractivity contribution is 9.09. The van der Waals surface area contributed by atoms with Crippen molar-refractivity contribution in [2.24, 2.45) is 0 Å². The second-order valence-electron chi connectivity index (χ2n) is 3.32. The number of hydrogen-bond donors (Lipinski definition) is 0. The van der Waals surface area contributed by atoms with Crippen molar-refractivity contribution in [2.75, 3.05) is 32.3 Å². The molecule has 16 heavy (non-hydrogen) atoms. The summed E-state index contributed by atoms with van der Waals surface area (Å²) in [6.45, 7) is 4.77. The van der Waals surface area contributed by atoms with Gasteiger partial charge in [0.1, 0.15) is 12.7 Å². The van der Waals surface area contributed by atoms with Gasteiger partial charge in [0.05, 0.1) is 19.3 Å². The maximum Gasteiger partial charge on any atom is 0.508 e. The molecule has 0 bridgehead atoms. The number of methoxy groups -OCH3 is 1. The summed E-state index contributed by atoms with van der Waals surface area (Å²) in [5.41, 5.74) is 0. The van der Waals surface area contributed by atoms with Crippen LogP contribution in [0.25, 0.3) is 0 Å². The van der Waals surface area contributed by atoms with E-state index in [-0.39, 0.29) is 18.8 Å². The van der Waals surface area contributed by atoms with Crippen molar-refractivity contribution in [1.29, 1.82) is 0 Å². The maximum atomic E-state index is 11.1. The van der Waals surface area contributed by atoms with E-state index in [9.17, 15) is 4.79 Å². The van der Waals surface area contributed by atoms with Crippen LogP contribution in [0.2, 0.25) is 0 Å². The van der Waals surface area contributed by atoms with E-state index in [4.69, 9.17) is 18.9 Å². The number of carbonyl (C=O) groups excluding carboxylic acids is 1. The van der Waals surface area contributed by atoms with Gasteiger partial charge in [-0.2, -0.15) is 0 Å². The van der Waals surface area contributed by atoms with Gasteiger partial charge in [-0.3, -0.25) is 0 Å². The smallest absolute Gasteiger partial charge is 0.432 e. The van der Waals surface area contributed by atoms with Crippen molar-refractivity contribution in [1.82, 2.24) is 0 Å². The van der Waals surface area contributed by atoms with Crippen LogP contribution < -0.4 is 0 Å². The highest BCUT2D eigenvalue weighted by atomic mass is 79.9. The molecule has 0 aliphatic heterocycles. The first-order chi connectivity index (χ1) is 7.60. The lowest BCUT2D eigenvalue weighted by Gasteiger charge is -2.14. The summed E-state index contributed by atoms with van der Waals surface area (Å²) in [6, 6.07) is 0. The minimum atomic E-state index is -0.672. The monoisotopic (exact) mass is 298 g/mol. The Bertz CT molecular complexity index is 188. The van der Waals surface area contributed by atoms with Gasteiger partial charge >= 0.3 is 6.16 Å². The molecule has 0 aromatic carbocycles. The molecule has 6 heteroatoms. The first-order valence-corrected chi connectivity index (χ1v) is 6.22. The van der Waals surface area contributed by atoms with Crippen molar-refractivity contribution in [2.45, 2.75) is 26.1 Å². The molecule has 0 spiro atoms. The third-order valence-electron chi connectivity index (χ3n) is 1.64. The summed E-state index contributed by atoms with van der Waals surface area (Å²) in [4.78, 5) is 11.1. The van der Waals surface area contributed by atoms with Crippen LogP contribution in [-0.2, 0) is 18.9 Å². The van der Waals surface area contributed by atoms with Crippen LogP contribution in [0.15, 0.2) is 0 Å². The SMILES string of the molecule is COCCOC(C)COC(=O)OC(C)CBr. The van der Waals surface area contributed by atoms with Crippen molar-refractivity contribution in [3.63, 3.8) is 0 Å². The second-order valence-corrected chi connectivity index (χ2v) is 3.97. The van der Waals surface area contributed by atoms with Gasteiger partial charge in [-0.25, -0.2) is 4.79 Å². The number of halogens is 1. The Labute approximate surface area is 105 Å². The normalized spacial score (nSPS) is 14.2. The molecule has 0 saturated carbocycles. The lowest BCUT2D eigenvalue weighted by atomic mass is 10.4. The first kappa shape index (κ1) is 15.7. The maximum absolute atomic E-state index is 11.1. The van der Waals surface area contributed by atoms with E-state index >= 15 is 0 Å². The van der Waals surface area contributed by atoms with E-state index in [1.807, 2.05) is 6.92 Å².